The molecule has 0 bridgehead atoms. The molecule has 1 aliphatic heterocycles. The van der Waals surface area contributed by atoms with Gasteiger partial charge < -0.3 is 10.2 Å². The molecule has 0 aromatic rings. The number of carbonyl (C=O) groups excluding carboxylic acids is 1. The average molecular weight is 170 g/mol. The summed E-state index contributed by atoms with van der Waals surface area (Å²) < 4.78 is 0. The minimum Gasteiger partial charge on any atom is -0.338 e. The highest BCUT2D eigenvalue weighted by Crippen LogP contribution is 2.15. The Morgan fingerprint density at radius 3 is 2.92 bits per heavy atom. The molecule has 12 heavy (non-hydrogen) atoms. The van der Waals surface area contributed by atoms with Gasteiger partial charge in [0.05, 0.1) is 0 Å². The first-order valence-corrected chi connectivity index (χ1v) is 4.80. The van der Waals surface area contributed by atoms with Crippen LogP contribution in [-0.4, -0.2) is 30.1 Å². The number of hydrogen-bond donors (Lipinski definition) is 1. The van der Waals surface area contributed by atoms with Crippen molar-refractivity contribution in [1.29, 1.82) is 0 Å². The number of urea groups is 1. The van der Waals surface area contributed by atoms with Gasteiger partial charge >= 0.3 is 6.03 Å². The van der Waals surface area contributed by atoms with Crippen molar-refractivity contribution in [1.82, 2.24) is 10.2 Å². The SMILES string of the molecule is CCCNC(=O)N1CCCC1C. The maximum Gasteiger partial charge on any atom is 0.317 e. The molecular formula is C9H18N2O. The molecule has 1 fully saturated rings. The van der Waals surface area contributed by atoms with Crippen LogP contribution in [0, 0.1) is 0 Å². The molecule has 70 valence electrons. The van der Waals surface area contributed by atoms with Crippen LogP contribution in [0.5, 0.6) is 0 Å². The summed E-state index contributed by atoms with van der Waals surface area (Å²) in [6, 6.07) is 0.545. The second-order valence-electron chi connectivity index (χ2n) is 3.42. The third-order valence-electron chi connectivity index (χ3n) is 2.34. The molecular weight excluding hydrogens is 152 g/mol. The number of nitrogens with one attached hydrogen (secondary N) is 1. The number of amides is 2. The molecule has 1 rings (SSSR count). The van der Waals surface area contributed by atoms with E-state index in [1.165, 1.54) is 0 Å². The summed E-state index contributed by atoms with van der Waals surface area (Å²) in [5.41, 5.74) is 0. The van der Waals surface area contributed by atoms with Gasteiger partial charge in [-0.2, -0.15) is 0 Å². The van der Waals surface area contributed by atoms with Gasteiger partial charge in [0, 0.05) is 19.1 Å². The lowest BCUT2D eigenvalue weighted by atomic mass is 10.2. The minimum absolute atomic E-state index is 0.113. The van der Waals surface area contributed by atoms with Crippen LogP contribution in [0.15, 0.2) is 0 Å². The van der Waals surface area contributed by atoms with E-state index in [-0.39, 0.29) is 6.03 Å². The van der Waals surface area contributed by atoms with Gasteiger partial charge in [0.15, 0.2) is 0 Å². The summed E-state index contributed by atoms with van der Waals surface area (Å²) >= 11 is 0. The minimum atomic E-state index is 0.113. The van der Waals surface area contributed by atoms with Crippen molar-refractivity contribution in [3.63, 3.8) is 0 Å². The van der Waals surface area contributed by atoms with Crippen molar-refractivity contribution in [3.8, 4) is 0 Å². The summed E-state index contributed by atoms with van der Waals surface area (Å²) in [7, 11) is 0. The monoisotopic (exact) mass is 170 g/mol. The summed E-state index contributed by atoms with van der Waals surface area (Å²) in [5, 5.41) is 2.89. The molecule has 1 atom stereocenters. The van der Waals surface area contributed by atoms with E-state index in [1.807, 2.05) is 4.90 Å². The van der Waals surface area contributed by atoms with E-state index in [0.717, 1.165) is 32.4 Å². The first kappa shape index (κ1) is 9.36. The molecule has 0 saturated carbocycles. The van der Waals surface area contributed by atoms with Gasteiger partial charge in [0.2, 0.25) is 0 Å². The first-order valence-electron chi connectivity index (χ1n) is 4.80. The van der Waals surface area contributed by atoms with Gasteiger partial charge in [0.25, 0.3) is 0 Å². The predicted molar refractivity (Wildman–Crippen MR) is 49.1 cm³/mol. The second kappa shape index (κ2) is 4.33. The summed E-state index contributed by atoms with van der Waals surface area (Å²) in [6.07, 6.45) is 3.31. The zero-order valence-corrected chi connectivity index (χ0v) is 7.97. The van der Waals surface area contributed by atoms with E-state index in [2.05, 4.69) is 19.2 Å². The highest BCUT2D eigenvalue weighted by molar-refractivity contribution is 5.74. The zero-order valence-electron chi connectivity index (χ0n) is 7.97. The normalized spacial score (nSPS) is 22.8. The fourth-order valence-corrected chi connectivity index (χ4v) is 1.57. The molecule has 3 nitrogen and oxygen atoms in total. The van der Waals surface area contributed by atoms with Gasteiger partial charge in [0.1, 0.15) is 0 Å². The molecule has 1 saturated heterocycles. The molecule has 0 radical (unpaired) electrons. The molecule has 2 amide bonds. The van der Waals surface area contributed by atoms with Gasteiger partial charge in [-0.15, -0.1) is 0 Å². The number of hydrogen-bond acceptors (Lipinski definition) is 1. The molecule has 0 aromatic carbocycles. The van der Waals surface area contributed by atoms with Crippen molar-refractivity contribution in [3.05, 3.63) is 0 Å². The third kappa shape index (κ3) is 2.13. The predicted octanol–water partition coefficient (Wildman–Crippen LogP) is 1.59. The highest BCUT2D eigenvalue weighted by Gasteiger charge is 2.24. The quantitative estimate of drug-likeness (QED) is 0.670. The third-order valence-corrected chi connectivity index (χ3v) is 2.34. The van der Waals surface area contributed by atoms with Crippen LogP contribution in [0.25, 0.3) is 0 Å². The first-order chi connectivity index (χ1) is 5.75. The lowest BCUT2D eigenvalue weighted by Crippen LogP contribution is -2.41. The lowest BCUT2D eigenvalue weighted by Gasteiger charge is -2.21. The molecule has 3 heteroatoms. The molecule has 0 spiro atoms. The molecule has 1 aliphatic rings. The van der Waals surface area contributed by atoms with Crippen LogP contribution < -0.4 is 5.32 Å². The molecule has 1 unspecified atom stereocenters. The Kier molecular flexibility index (Phi) is 3.38. The summed E-state index contributed by atoms with van der Waals surface area (Å²) in [5.74, 6) is 0. The molecule has 0 aromatic heterocycles. The van der Waals surface area contributed by atoms with Crippen LogP contribution in [0.4, 0.5) is 4.79 Å². The number of nitrogens with zero attached hydrogens (tertiary/aromatic N) is 1. The Morgan fingerprint density at radius 1 is 1.67 bits per heavy atom. The van der Waals surface area contributed by atoms with Crippen LogP contribution in [0.1, 0.15) is 33.1 Å². The van der Waals surface area contributed by atoms with Crippen LogP contribution in [-0.2, 0) is 0 Å². The molecule has 1 N–H and O–H groups in total. The van der Waals surface area contributed by atoms with Crippen molar-refractivity contribution in [2.45, 2.75) is 39.2 Å². The smallest absolute Gasteiger partial charge is 0.317 e. The average Bonchev–Trinajstić information content (AvgIpc) is 2.47. The van der Waals surface area contributed by atoms with Gasteiger partial charge in [-0.1, -0.05) is 6.92 Å². The fourth-order valence-electron chi connectivity index (χ4n) is 1.57. The van der Waals surface area contributed by atoms with Crippen molar-refractivity contribution in [2.24, 2.45) is 0 Å². The Labute approximate surface area is 74.1 Å². The number of rotatable bonds is 2. The van der Waals surface area contributed by atoms with Crippen LogP contribution >= 0.6 is 0 Å². The topological polar surface area (TPSA) is 32.3 Å². The fraction of sp³-hybridized carbons (Fsp3) is 0.889. The largest absolute Gasteiger partial charge is 0.338 e. The van der Waals surface area contributed by atoms with Gasteiger partial charge in [-0.3, -0.25) is 0 Å². The van der Waals surface area contributed by atoms with Gasteiger partial charge in [-0.05, 0) is 26.2 Å². The summed E-state index contributed by atoms with van der Waals surface area (Å²) in [6.45, 7) is 5.89. The van der Waals surface area contributed by atoms with Crippen LogP contribution in [0.3, 0.4) is 0 Å². The highest BCUT2D eigenvalue weighted by atomic mass is 16.2. The Hall–Kier alpha value is -0.730. The maximum absolute atomic E-state index is 11.4. The van der Waals surface area contributed by atoms with Crippen molar-refractivity contribution < 1.29 is 4.79 Å². The Morgan fingerprint density at radius 2 is 2.42 bits per heavy atom. The number of likely N-dealkylation sites (tertiary alicyclic amines) is 1. The van der Waals surface area contributed by atoms with Gasteiger partial charge in [-0.25, -0.2) is 4.79 Å². The Bertz CT molecular complexity index is 159. The van der Waals surface area contributed by atoms with Crippen molar-refractivity contribution >= 4 is 6.03 Å². The zero-order chi connectivity index (χ0) is 8.97. The second-order valence-corrected chi connectivity index (χ2v) is 3.42. The van der Waals surface area contributed by atoms with Crippen LogP contribution in [0.2, 0.25) is 0 Å². The van der Waals surface area contributed by atoms with E-state index < -0.39 is 0 Å². The lowest BCUT2D eigenvalue weighted by molar-refractivity contribution is 0.196. The van der Waals surface area contributed by atoms with E-state index in [4.69, 9.17) is 0 Å². The Balaban J connectivity index is 2.30. The van der Waals surface area contributed by atoms with E-state index >= 15 is 0 Å². The molecule has 0 aliphatic carbocycles. The van der Waals surface area contributed by atoms with Crippen molar-refractivity contribution in [2.75, 3.05) is 13.1 Å². The maximum atomic E-state index is 11.4. The van der Waals surface area contributed by atoms with E-state index in [9.17, 15) is 4.79 Å². The summed E-state index contributed by atoms with van der Waals surface area (Å²) in [4.78, 5) is 13.4. The van der Waals surface area contributed by atoms with E-state index in [0.29, 0.717) is 6.04 Å². The standard InChI is InChI=1S/C9H18N2O/c1-3-6-10-9(12)11-7-4-5-8(11)2/h8H,3-7H2,1-2H3,(H,10,12). The number of carbonyl (C=O) groups is 1. The van der Waals surface area contributed by atoms with E-state index in [1.54, 1.807) is 0 Å². The molecule has 1 heterocycles.